The van der Waals surface area contributed by atoms with Gasteiger partial charge in [0.05, 0.1) is 4.90 Å². The number of rotatable bonds is 7. The van der Waals surface area contributed by atoms with Crippen LogP contribution in [-0.4, -0.2) is 39.4 Å². The van der Waals surface area contributed by atoms with E-state index in [4.69, 9.17) is 0 Å². The first-order chi connectivity index (χ1) is 12.3. The summed E-state index contributed by atoms with van der Waals surface area (Å²) in [5.74, 6) is -0.268. The Balaban J connectivity index is 1.73. The summed E-state index contributed by atoms with van der Waals surface area (Å²) < 4.78 is 27.0. The minimum absolute atomic E-state index is 0.0520. The van der Waals surface area contributed by atoms with Gasteiger partial charge in [0.15, 0.2) is 0 Å². The molecule has 1 amide bonds. The predicted octanol–water partition coefficient (Wildman–Crippen LogP) is 2.44. The predicted molar refractivity (Wildman–Crippen MR) is 102 cm³/mol. The lowest BCUT2D eigenvalue weighted by Gasteiger charge is -2.15. The average Bonchev–Trinajstić information content (AvgIpc) is 3.39. The number of hydrogen-bond donors (Lipinski definition) is 2. The smallest absolute Gasteiger partial charge is 0.255 e. The number of amides is 1. The number of nitrogens with one attached hydrogen (secondary N) is 2. The number of hydrogen-bond acceptors (Lipinski definition) is 4. The summed E-state index contributed by atoms with van der Waals surface area (Å²) in [6.07, 6.45) is 1.76. The van der Waals surface area contributed by atoms with Gasteiger partial charge in [0.1, 0.15) is 0 Å². The summed E-state index contributed by atoms with van der Waals surface area (Å²) in [4.78, 5) is 14.7. The second kappa shape index (κ2) is 7.57. The zero-order valence-electron chi connectivity index (χ0n) is 14.9. The molecule has 0 heterocycles. The van der Waals surface area contributed by atoms with Gasteiger partial charge in [-0.3, -0.25) is 4.79 Å². The average molecular weight is 373 g/mol. The lowest BCUT2D eigenvalue weighted by molar-refractivity contribution is 0.102. The van der Waals surface area contributed by atoms with E-state index in [1.807, 2.05) is 43.3 Å². The third-order valence-corrected chi connectivity index (χ3v) is 5.61. The van der Waals surface area contributed by atoms with Gasteiger partial charge in [-0.1, -0.05) is 18.2 Å². The Morgan fingerprint density at radius 1 is 1.08 bits per heavy atom. The van der Waals surface area contributed by atoms with Crippen molar-refractivity contribution in [1.82, 2.24) is 9.62 Å². The largest absolute Gasteiger partial charge is 0.322 e. The molecular formula is C19H23N3O3S. The van der Waals surface area contributed by atoms with Crippen LogP contribution in [0.15, 0.2) is 53.4 Å². The molecular weight excluding hydrogens is 350 g/mol. The molecule has 2 aromatic carbocycles. The van der Waals surface area contributed by atoms with Gasteiger partial charge in [-0.25, -0.2) is 13.1 Å². The van der Waals surface area contributed by atoms with E-state index in [1.165, 1.54) is 24.3 Å². The van der Waals surface area contributed by atoms with Gasteiger partial charge < -0.3 is 10.2 Å². The molecule has 0 radical (unpaired) electrons. The maximum Gasteiger partial charge on any atom is 0.255 e. The van der Waals surface area contributed by atoms with Crippen molar-refractivity contribution in [3.8, 4) is 0 Å². The van der Waals surface area contributed by atoms with E-state index in [2.05, 4.69) is 10.0 Å². The normalized spacial score (nSPS) is 14.4. The molecule has 2 aromatic rings. The van der Waals surface area contributed by atoms with Crippen molar-refractivity contribution in [2.24, 2.45) is 0 Å². The van der Waals surface area contributed by atoms with E-state index in [1.54, 1.807) is 0 Å². The van der Waals surface area contributed by atoms with Crippen LogP contribution in [0.1, 0.15) is 28.8 Å². The summed E-state index contributed by atoms with van der Waals surface area (Å²) in [7, 11) is 0.426. The number of carbonyl (C=O) groups is 1. The lowest BCUT2D eigenvalue weighted by Crippen LogP contribution is -2.25. The van der Waals surface area contributed by atoms with Crippen molar-refractivity contribution in [3.63, 3.8) is 0 Å². The zero-order chi connectivity index (χ0) is 18.7. The second-order valence-corrected chi connectivity index (χ2v) is 8.48. The van der Waals surface area contributed by atoms with Crippen LogP contribution in [0.2, 0.25) is 0 Å². The molecule has 0 saturated heterocycles. The van der Waals surface area contributed by atoms with Crippen LogP contribution in [0.4, 0.5) is 5.69 Å². The molecule has 2 N–H and O–H groups in total. The molecule has 1 aliphatic carbocycles. The van der Waals surface area contributed by atoms with Crippen LogP contribution in [0.25, 0.3) is 0 Å². The zero-order valence-corrected chi connectivity index (χ0v) is 15.7. The quantitative estimate of drug-likeness (QED) is 0.781. The monoisotopic (exact) mass is 373 g/mol. The van der Waals surface area contributed by atoms with Crippen molar-refractivity contribution < 1.29 is 13.2 Å². The van der Waals surface area contributed by atoms with Gasteiger partial charge in [-0.05, 0) is 62.8 Å². The molecule has 1 fully saturated rings. The number of carbonyl (C=O) groups excluding carboxylic acids is 1. The van der Waals surface area contributed by atoms with Gasteiger partial charge in [0, 0.05) is 23.8 Å². The number of para-hydroxylation sites is 1. The van der Waals surface area contributed by atoms with Crippen LogP contribution in [0.5, 0.6) is 0 Å². The Bertz CT molecular complexity index is 889. The fourth-order valence-corrected chi connectivity index (χ4v) is 3.89. The van der Waals surface area contributed by atoms with Crippen LogP contribution >= 0.6 is 0 Å². The van der Waals surface area contributed by atoms with Crippen molar-refractivity contribution in [3.05, 3.63) is 59.7 Å². The fraction of sp³-hybridized carbons (Fsp3) is 0.316. The van der Waals surface area contributed by atoms with Gasteiger partial charge in [0.2, 0.25) is 10.0 Å². The van der Waals surface area contributed by atoms with Gasteiger partial charge in [-0.15, -0.1) is 0 Å². The van der Waals surface area contributed by atoms with Crippen molar-refractivity contribution in [1.29, 1.82) is 0 Å². The van der Waals surface area contributed by atoms with Gasteiger partial charge >= 0.3 is 0 Å². The first-order valence-electron chi connectivity index (χ1n) is 8.51. The number of anilines is 1. The standard InChI is InChI=1S/C19H23N3O3S/c1-22(2)13-15-5-3-4-6-18(15)20-19(23)14-7-11-17(12-8-14)26(24,25)21-16-9-10-16/h3-8,11-12,16,21H,9-10,13H2,1-2H3,(H,20,23). The lowest BCUT2D eigenvalue weighted by atomic mass is 10.1. The Morgan fingerprint density at radius 2 is 1.73 bits per heavy atom. The minimum atomic E-state index is -3.51. The molecule has 0 bridgehead atoms. The summed E-state index contributed by atoms with van der Waals surface area (Å²) >= 11 is 0. The highest BCUT2D eigenvalue weighted by Gasteiger charge is 2.28. The SMILES string of the molecule is CN(C)Cc1ccccc1NC(=O)c1ccc(S(=O)(=O)NC2CC2)cc1. The van der Waals surface area contributed by atoms with Crippen LogP contribution in [-0.2, 0) is 16.6 Å². The number of nitrogens with zero attached hydrogens (tertiary/aromatic N) is 1. The van der Waals surface area contributed by atoms with E-state index >= 15 is 0 Å². The highest BCUT2D eigenvalue weighted by atomic mass is 32.2. The van der Waals surface area contributed by atoms with Crippen molar-refractivity contribution in [2.45, 2.75) is 30.3 Å². The van der Waals surface area contributed by atoms with Crippen LogP contribution in [0.3, 0.4) is 0 Å². The third kappa shape index (κ3) is 4.69. The van der Waals surface area contributed by atoms with E-state index in [0.717, 1.165) is 24.1 Å². The van der Waals surface area contributed by atoms with E-state index < -0.39 is 10.0 Å². The second-order valence-electron chi connectivity index (χ2n) is 6.77. The highest BCUT2D eigenvalue weighted by molar-refractivity contribution is 7.89. The van der Waals surface area contributed by atoms with Crippen LogP contribution < -0.4 is 10.0 Å². The Morgan fingerprint density at radius 3 is 2.35 bits per heavy atom. The maximum atomic E-state index is 12.5. The Labute approximate surface area is 154 Å². The molecule has 26 heavy (non-hydrogen) atoms. The topological polar surface area (TPSA) is 78.5 Å². The third-order valence-electron chi connectivity index (χ3n) is 4.08. The van der Waals surface area contributed by atoms with Gasteiger partial charge in [-0.2, -0.15) is 0 Å². The molecule has 0 unspecified atom stereocenters. The number of sulfonamides is 1. The van der Waals surface area contributed by atoms with E-state index in [0.29, 0.717) is 12.1 Å². The van der Waals surface area contributed by atoms with Crippen molar-refractivity contribution >= 4 is 21.6 Å². The maximum absolute atomic E-state index is 12.5. The summed E-state index contributed by atoms with van der Waals surface area (Å²) in [5.41, 5.74) is 2.17. The number of benzene rings is 2. The van der Waals surface area contributed by atoms with Gasteiger partial charge in [0.25, 0.3) is 5.91 Å². The summed E-state index contributed by atoms with van der Waals surface area (Å²) in [6.45, 7) is 0.709. The first-order valence-corrected chi connectivity index (χ1v) is 10.00. The molecule has 0 aliphatic heterocycles. The molecule has 138 valence electrons. The summed E-state index contributed by atoms with van der Waals surface area (Å²) in [6, 6.07) is 13.7. The molecule has 0 atom stereocenters. The van der Waals surface area contributed by atoms with Crippen LogP contribution in [0, 0.1) is 0 Å². The minimum Gasteiger partial charge on any atom is -0.322 e. The summed E-state index contributed by atoms with van der Waals surface area (Å²) in [5, 5.41) is 2.90. The molecule has 0 aromatic heterocycles. The van der Waals surface area contributed by atoms with E-state index in [9.17, 15) is 13.2 Å². The Kier molecular flexibility index (Phi) is 5.41. The Hall–Kier alpha value is -2.22. The fourth-order valence-electron chi connectivity index (χ4n) is 2.59. The first kappa shape index (κ1) is 18.6. The highest BCUT2D eigenvalue weighted by Crippen LogP contribution is 2.22. The van der Waals surface area contributed by atoms with E-state index in [-0.39, 0.29) is 16.8 Å². The molecule has 3 rings (SSSR count). The molecule has 1 aliphatic rings. The molecule has 6 nitrogen and oxygen atoms in total. The molecule has 0 spiro atoms. The molecule has 7 heteroatoms. The molecule has 1 saturated carbocycles. The van der Waals surface area contributed by atoms with Crippen molar-refractivity contribution in [2.75, 3.05) is 19.4 Å².